The van der Waals surface area contributed by atoms with Crippen LogP contribution in [0.25, 0.3) is 0 Å². The Morgan fingerprint density at radius 2 is 1.90 bits per heavy atom. The van der Waals surface area contributed by atoms with Gasteiger partial charge in [0, 0.05) is 0 Å². The van der Waals surface area contributed by atoms with E-state index in [1.165, 1.54) is 19.2 Å². The summed E-state index contributed by atoms with van der Waals surface area (Å²) in [5, 5.41) is 2.67. The SMILES string of the molecule is CC[C@@H](C)[C@H](NC(=O)Cc1ccc(F)cc1)C(=O)OC. The van der Waals surface area contributed by atoms with Gasteiger partial charge in [0.05, 0.1) is 13.5 Å². The third-order valence-electron chi connectivity index (χ3n) is 3.26. The van der Waals surface area contributed by atoms with E-state index in [-0.39, 0.29) is 24.1 Å². The van der Waals surface area contributed by atoms with E-state index in [4.69, 9.17) is 4.74 Å². The number of esters is 1. The van der Waals surface area contributed by atoms with Gasteiger partial charge in [0.15, 0.2) is 0 Å². The van der Waals surface area contributed by atoms with Crippen LogP contribution < -0.4 is 5.32 Å². The van der Waals surface area contributed by atoms with Gasteiger partial charge in [-0.05, 0) is 23.6 Å². The number of nitrogens with one attached hydrogen (secondary N) is 1. The molecule has 0 aliphatic rings. The van der Waals surface area contributed by atoms with E-state index in [0.717, 1.165) is 6.42 Å². The molecule has 0 aliphatic heterocycles. The molecule has 1 rings (SSSR count). The van der Waals surface area contributed by atoms with Crippen LogP contribution in [0.15, 0.2) is 24.3 Å². The molecular weight excluding hydrogens is 261 g/mol. The van der Waals surface area contributed by atoms with E-state index >= 15 is 0 Å². The smallest absolute Gasteiger partial charge is 0.328 e. The molecule has 110 valence electrons. The summed E-state index contributed by atoms with van der Waals surface area (Å²) in [7, 11) is 1.30. The average Bonchev–Trinajstić information content (AvgIpc) is 2.45. The summed E-state index contributed by atoms with van der Waals surface area (Å²) in [5.74, 6) is -1.10. The molecule has 5 heteroatoms. The van der Waals surface area contributed by atoms with E-state index in [9.17, 15) is 14.0 Å². The van der Waals surface area contributed by atoms with E-state index in [0.29, 0.717) is 5.56 Å². The predicted molar refractivity (Wildman–Crippen MR) is 73.5 cm³/mol. The number of rotatable bonds is 6. The number of hydrogen-bond acceptors (Lipinski definition) is 3. The molecule has 0 radical (unpaired) electrons. The van der Waals surface area contributed by atoms with Crippen LogP contribution in [-0.2, 0) is 20.7 Å². The molecule has 0 aliphatic carbocycles. The molecule has 1 aromatic carbocycles. The molecule has 0 bridgehead atoms. The lowest BCUT2D eigenvalue weighted by atomic mass is 9.99. The highest BCUT2D eigenvalue weighted by Crippen LogP contribution is 2.10. The van der Waals surface area contributed by atoms with Crippen LogP contribution in [0.4, 0.5) is 4.39 Å². The first-order valence-electron chi connectivity index (χ1n) is 6.59. The second-order valence-electron chi connectivity index (χ2n) is 4.76. The Balaban J connectivity index is 2.66. The van der Waals surface area contributed by atoms with Gasteiger partial charge >= 0.3 is 5.97 Å². The molecular formula is C15H20FNO3. The highest BCUT2D eigenvalue weighted by Gasteiger charge is 2.26. The van der Waals surface area contributed by atoms with Crippen LogP contribution in [0, 0.1) is 11.7 Å². The molecule has 0 saturated heterocycles. The summed E-state index contributed by atoms with van der Waals surface area (Å²) in [6.45, 7) is 3.81. The molecule has 20 heavy (non-hydrogen) atoms. The van der Waals surface area contributed by atoms with E-state index in [2.05, 4.69) is 5.32 Å². The highest BCUT2D eigenvalue weighted by molar-refractivity contribution is 5.85. The van der Waals surface area contributed by atoms with Crippen molar-refractivity contribution in [2.45, 2.75) is 32.7 Å². The van der Waals surface area contributed by atoms with Gasteiger partial charge in [-0.3, -0.25) is 4.79 Å². The Hall–Kier alpha value is -1.91. The number of carbonyl (C=O) groups excluding carboxylic acids is 2. The number of carbonyl (C=O) groups is 2. The molecule has 1 N–H and O–H groups in total. The quantitative estimate of drug-likeness (QED) is 0.812. The monoisotopic (exact) mass is 281 g/mol. The summed E-state index contributed by atoms with van der Waals surface area (Å²) in [5.41, 5.74) is 0.691. The minimum absolute atomic E-state index is 0.0142. The second-order valence-corrected chi connectivity index (χ2v) is 4.76. The Labute approximate surface area is 118 Å². The zero-order valence-corrected chi connectivity index (χ0v) is 12.0. The first-order chi connectivity index (χ1) is 9.47. The van der Waals surface area contributed by atoms with Crippen LogP contribution in [0.3, 0.4) is 0 Å². The molecule has 2 atom stereocenters. The van der Waals surface area contributed by atoms with E-state index in [1.807, 2.05) is 13.8 Å². The fourth-order valence-corrected chi connectivity index (χ4v) is 1.81. The molecule has 1 amide bonds. The standard InChI is InChI=1S/C15H20FNO3/c1-4-10(2)14(15(19)20-3)17-13(18)9-11-5-7-12(16)8-6-11/h5-8,10,14H,4,9H2,1-3H3,(H,17,18)/t10-,14+/m1/s1. The molecule has 0 fully saturated rings. The summed E-state index contributed by atoms with van der Waals surface area (Å²) >= 11 is 0. The maximum atomic E-state index is 12.8. The maximum absolute atomic E-state index is 12.8. The summed E-state index contributed by atoms with van der Waals surface area (Å²) in [4.78, 5) is 23.6. The van der Waals surface area contributed by atoms with Crippen molar-refractivity contribution in [2.75, 3.05) is 7.11 Å². The molecule has 1 aromatic rings. The van der Waals surface area contributed by atoms with Crippen molar-refractivity contribution in [3.8, 4) is 0 Å². The summed E-state index contributed by atoms with van der Waals surface area (Å²) in [6, 6.07) is 5.04. The van der Waals surface area contributed by atoms with Gasteiger partial charge in [-0.2, -0.15) is 0 Å². The van der Waals surface area contributed by atoms with Crippen LogP contribution in [0.5, 0.6) is 0 Å². The van der Waals surface area contributed by atoms with Crippen LogP contribution >= 0.6 is 0 Å². The normalized spacial score (nSPS) is 13.4. The molecule has 0 heterocycles. The largest absolute Gasteiger partial charge is 0.467 e. The van der Waals surface area contributed by atoms with Crippen molar-refractivity contribution in [2.24, 2.45) is 5.92 Å². The highest BCUT2D eigenvalue weighted by atomic mass is 19.1. The average molecular weight is 281 g/mol. The van der Waals surface area contributed by atoms with Gasteiger partial charge in [0.25, 0.3) is 0 Å². The van der Waals surface area contributed by atoms with Gasteiger partial charge in [0.2, 0.25) is 5.91 Å². The Bertz CT molecular complexity index is 459. The minimum Gasteiger partial charge on any atom is -0.467 e. The number of methoxy groups -OCH3 is 1. The van der Waals surface area contributed by atoms with Crippen molar-refractivity contribution in [1.29, 1.82) is 0 Å². The van der Waals surface area contributed by atoms with Crippen molar-refractivity contribution >= 4 is 11.9 Å². The maximum Gasteiger partial charge on any atom is 0.328 e. The van der Waals surface area contributed by atoms with Gasteiger partial charge in [0.1, 0.15) is 11.9 Å². The summed E-state index contributed by atoms with van der Waals surface area (Å²) in [6.07, 6.45) is 0.848. The lowest BCUT2D eigenvalue weighted by Gasteiger charge is -2.21. The Morgan fingerprint density at radius 1 is 1.30 bits per heavy atom. The van der Waals surface area contributed by atoms with Crippen molar-refractivity contribution in [3.63, 3.8) is 0 Å². The molecule has 0 aromatic heterocycles. The van der Waals surface area contributed by atoms with Gasteiger partial charge in [-0.25, -0.2) is 9.18 Å². The topological polar surface area (TPSA) is 55.4 Å². The summed E-state index contributed by atoms with van der Waals surface area (Å²) < 4.78 is 17.5. The van der Waals surface area contributed by atoms with Crippen LogP contribution in [-0.4, -0.2) is 25.0 Å². The number of ether oxygens (including phenoxy) is 1. The zero-order chi connectivity index (χ0) is 15.1. The minimum atomic E-state index is -0.655. The molecule has 0 spiro atoms. The van der Waals surface area contributed by atoms with Crippen molar-refractivity contribution < 1.29 is 18.7 Å². The second kappa shape index (κ2) is 7.62. The van der Waals surface area contributed by atoms with Gasteiger partial charge in [-0.1, -0.05) is 32.4 Å². The fraction of sp³-hybridized carbons (Fsp3) is 0.467. The Kier molecular flexibility index (Phi) is 6.15. The zero-order valence-electron chi connectivity index (χ0n) is 12.0. The number of halogens is 1. The third-order valence-corrected chi connectivity index (χ3v) is 3.26. The van der Waals surface area contributed by atoms with Crippen LogP contribution in [0.1, 0.15) is 25.8 Å². The van der Waals surface area contributed by atoms with Gasteiger partial charge < -0.3 is 10.1 Å². The number of amides is 1. The number of hydrogen-bond donors (Lipinski definition) is 1. The number of benzene rings is 1. The lowest BCUT2D eigenvalue weighted by Crippen LogP contribution is -2.46. The first kappa shape index (κ1) is 16.1. The molecule has 0 unspecified atom stereocenters. The fourth-order valence-electron chi connectivity index (χ4n) is 1.81. The Morgan fingerprint density at radius 3 is 2.40 bits per heavy atom. The van der Waals surface area contributed by atoms with E-state index < -0.39 is 12.0 Å². The molecule has 0 saturated carbocycles. The van der Waals surface area contributed by atoms with Crippen molar-refractivity contribution in [3.05, 3.63) is 35.6 Å². The first-order valence-corrected chi connectivity index (χ1v) is 6.59. The predicted octanol–water partition coefficient (Wildman–Crippen LogP) is 2.07. The van der Waals surface area contributed by atoms with Crippen molar-refractivity contribution in [1.82, 2.24) is 5.32 Å². The van der Waals surface area contributed by atoms with Crippen LogP contribution in [0.2, 0.25) is 0 Å². The third kappa shape index (κ3) is 4.64. The molecule has 4 nitrogen and oxygen atoms in total. The van der Waals surface area contributed by atoms with Gasteiger partial charge in [-0.15, -0.1) is 0 Å². The van der Waals surface area contributed by atoms with E-state index in [1.54, 1.807) is 12.1 Å². The lowest BCUT2D eigenvalue weighted by molar-refractivity contribution is -0.146.